The summed E-state index contributed by atoms with van der Waals surface area (Å²) in [7, 11) is 1.49. The van der Waals surface area contributed by atoms with Crippen molar-refractivity contribution >= 4 is 17.5 Å². The van der Waals surface area contributed by atoms with Crippen molar-refractivity contribution in [3.63, 3.8) is 0 Å². The average molecular weight is 316 g/mol. The van der Waals surface area contributed by atoms with Crippen LogP contribution in [0.3, 0.4) is 0 Å². The van der Waals surface area contributed by atoms with E-state index in [1.807, 2.05) is 0 Å². The number of rotatable bonds is 6. The van der Waals surface area contributed by atoms with Gasteiger partial charge in [-0.1, -0.05) is 12.8 Å². The molecule has 0 aromatic heterocycles. The van der Waals surface area contributed by atoms with Crippen LogP contribution in [0.2, 0.25) is 0 Å². The molecule has 1 rings (SSSR count). The number of amides is 1. The summed E-state index contributed by atoms with van der Waals surface area (Å²) in [5, 5.41) is 0. The Morgan fingerprint density at radius 3 is 2.50 bits per heavy atom. The van der Waals surface area contributed by atoms with Gasteiger partial charge in [0.2, 0.25) is 5.91 Å². The molecule has 0 saturated heterocycles. The second-order valence-electron chi connectivity index (χ2n) is 5.05. The van der Waals surface area contributed by atoms with Gasteiger partial charge in [0.15, 0.2) is 0 Å². The summed E-state index contributed by atoms with van der Waals surface area (Å²) in [4.78, 5) is 13.8. The smallest absolute Gasteiger partial charge is 0.383 e. The van der Waals surface area contributed by atoms with E-state index in [4.69, 9.17) is 16.3 Å². The topological polar surface area (TPSA) is 29.5 Å². The quantitative estimate of drug-likeness (QED) is 0.705. The molecule has 0 bridgehead atoms. The van der Waals surface area contributed by atoms with E-state index in [0.29, 0.717) is 25.9 Å². The molecule has 1 fully saturated rings. The minimum Gasteiger partial charge on any atom is -0.383 e. The summed E-state index contributed by atoms with van der Waals surface area (Å²) < 4.78 is 44.0. The van der Waals surface area contributed by atoms with Crippen LogP contribution in [-0.2, 0) is 9.53 Å². The minimum atomic E-state index is -4.31. The van der Waals surface area contributed by atoms with E-state index in [9.17, 15) is 18.0 Å². The molecule has 1 aliphatic carbocycles. The fraction of sp³-hybridized carbons (Fsp3) is 0.923. The second-order valence-corrected chi connectivity index (χ2v) is 5.42. The highest BCUT2D eigenvalue weighted by molar-refractivity contribution is 6.18. The fourth-order valence-corrected chi connectivity index (χ4v) is 2.89. The first-order valence-corrected chi connectivity index (χ1v) is 7.35. The molecule has 1 saturated carbocycles. The number of methoxy groups -OCH3 is 1. The van der Waals surface area contributed by atoms with Gasteiger partial charge in [-0.05, 0) is 12.8 Å². The SMILES string of the molecule is COCCN(CCCl)C(=O)C1CCCCC1C(F)(F)F. The van der Waals surface area contributed by atoms with Crippen LogP contribution in [0, 0.1) is 11.8 Å². The van der Waals surface area contributed by atoms with E-state index in [1.165, 1.54) is 12.0 Å². The standard InChI is InChI=1S/C13H21ClF3NO2/c1-20-9-8-18(7-6-14)12(19)10-4-2-3-5-11(10)13(15,16)17/h10-11H,2-9H2,1H3. The molecule has 2 unspecified atom stereocenters. The molecule has 7 heteroatoms. The molecule has 0 spiro atoms. The van der Waals surface area contributed by atoms with Crippen molar-refractivity contribution in [2.45, 2.75) is 31.9 Å². The number of alkyl halides is 4. The normalized spacial score (nSPS) is 23.6. The molecule has 3 nitrogen and oxygen atoms in total. The van der Waals surface area contributed by atoms with Crippen LogP contribution in [0.1, 0.15) is 25.7 Å². The van der Waals surface area contributed by atoms with Gasteiger partial charge in [-0.15, -0.1) is 11.6 Å². The zero-order valence-corrected chi connectivity index (χ0v) is 12.3. The molecule has 0 aliphatic heterocycles. The van der Waals surface area contributed by atoms with E-state index in [1.54, 1.807) is 0 Å². The number of ether oxygens (including phenoxy) is 1. The molecule has 0 aromatic rings. The van der Waals surface area contributed by atoms with Gasteiger partial charge in [0.1, 0.15) is 0 Å². The third kappa shape index (κ3) is 4.81. The Bertz CT molecular complexity index is 312. The van der Waals surface area contributed by atoms with Crippen LogP contribution in [0.5, 0.6) is 0 Å². The lowest BCUT2D eigenvalue weighted by Crippen LogP contribution is -2.46. The van der Waals surface area contributed by atoms with Gasteiger partial charge in [-0.25, -0.2) is 0 Å². The van der Waals surface area contributed by atoms with Gasteiger partial charge in [-0.3, -0.25) is 4.79 Å². The molecule has 118 valence electrons. The van der Waals surface area contributed by atoms with Crippen LogP contribution < -0.4 is 0 Å². The fourth-order valence-electron chi connectivity index (χ4n) is 2.69. The molecule has 2 atom stereocenters. The molecule has 0 aromatic carbocycles. The van der Waals surface area contributed by atoms with Crippen molar-refractivity contribution in [2.24, 2.45) is 11.8 Å². The Labute approximate surface area is 122 Å². The van der Waals surface area contributed by atoms with Crippen LogP contribution in [0.25, 0.3) is 0 Å². The lowest BCUT2D eigenvalue weighted by atomic mass is 9.78. The van der Waals surface area contributed by atoms with Gasteiger partial charge >= 0.3 is 6.18 Å². The predicted molar refractivity (Wildman–Crippen MR) is 70.7 cm³/mol. The van der Waals surface area contributed by atoms with Crippen LogP contribution in [-0.4, -0.2) is 49.7 Å². The summed E-state index contributed by atoms with van der Waals surface area (Å²) in [6, 6.07) is 0. The van der Waals surface area contributed by atoms with Crippen LogP contribution in [0.15, 0.2) is 0 Å². The Morgan fingerprint density at radius 2 is 1.95 bits per heavy atom. The van der Waals surface area contributed by atoms with Crippen molar-refractivity contribution in [3.05, 3.63) is 0 Å². The Morgan fingerprint density at radius 1 is 1.30 bits per heavy atom. The first kappa shape index (κ1) is 17.6. The number of hydrogen-bond donors (Lipinski definition) is 0. The lowest BCUT2D eigenvalue weighted by Gasteiger charge is -2.35. The van der Waals surface area contributed by atoms with E-state index in [0.717, 1.165) is 0 Å². The largest absolute Gasteiger partial charge is 0.392 e. The molecular weight excluding hydrogens is 295 g/mol. The summed E-state index contributed by atoms with van der Waals surface area (Å²) in [5.74, 6) is -2.73. The zero-order chi connectivity index (χ0) is 15.2. The van der Waals surface area contributed by atoms with Gasteiger partial charge in [0.25, 0.3) is 0 Å². The third-order valence-electron chi connectivity index (χ3n) is 3.74. The maximum Gasteiger partial charge on any atom is 0.392 e. The monoisotopic (exact) mass is 315 g/mol. The van der Waals surface area contributed by atoms with E-state index >= 15 is 0 Å². The molecule has 0 N–H and O–H groups in total. The summed E-state index contributed by atoms with van der Waals surface area (Å²) in [6.07, 6.45) is -2.77. The minimum absolute atomic E-state index is 0.0406. The van der Waals surface area contributed by atoms with E-state index in [2.05, 4.69) is 0 Å². The highest BCUT2D eigenvalue weighted by Gasteiger charge is 2.48. The summed E-state index contributed by atoms with van der Waals surface area (Å²) in [5.41, 5.74) is 0. The van der Waals surface area contributed by atoms with Gasteiger partial charge in [-0.2, -0.15) is 13.2 Å². The first-order chi connectivity index (χ1) is 9.41. The highest BCUT2D eigenvalue weighted by atomic mass is 35.5. The average Bonchev–Trinajstić information content (AvgIpc) is 2.42. The molecule has 20 heavy (non-hydrogen) atoms. The Hall–Kier alpha value is -0.490. The van der Waals surface area contributed by atoms with Crippen LogP contribution >= 0.6 is 11.6 Å². The molecule has 0 heterocycles. The molecule has 1 amide bonds. The van der Waals surface area contributed by atoms with E-state index < -0.39 is 23.9 Å². The zero-order valence-electron chi connectivity index (χ0n) is 11.6. The second kappa shape index (κ2) is 8.08. The number of halogens is 4. The van der Waals surface area contributed by atoms with Crippen molar-refractivity contribution in [1.29, 1.82) is 0 Å². The number of hydrogen-bond acceptors (Lipinski definition) is 2. The maximum atomic E-state index is 13.0. The first-order valence-electron chi connectivity index (χ1n) is 6.82. The molecular formula is C13H21ClF3NO2. The van der Waals surface area contributed by atoms with Gasteiger partial charge in [0, 0.05) is 32.0 Å². The third-order valence-corrected chi connectivity index (χ3v) is 3.90. The summed E-state index contributed by atoms with van der Waals surface area (Å²) >= 11 is 5.63. The van der Waals surface area contributed by atoms with Crippen LogP contribution in [0.4, 0.5) is 13.2 Å². The summed E-state index contributed by atoms with van der Waals surface area (Å²) in [6.45, 7) is 0.833. The van der Waals surface area contributed by atoms with Crippen molar-refractivity contribution in [1.82, 2.24) is 4.90 Å². The Kier molecular flexibility index (Phi) is 7.09. The maximum absolute atomic E-state index is 13.0. The number of nitrogens with zero attached hydrogens (tertiary/aromatic N) is 1. The number of carbonyl (C=O) groups excluding carboxylic acids is 1. The van der Waals surface area contributed by atoms with Crippen molar-refractivity contribution in [3.8, 4) is 0 Å². The number of carbonyl (C=O) groups is 1. The Balaban J connectivity index is 2.78. The van der Waals surface area contributed by atoms with Gasteiger partial charge in [0.05, 0.1) is 12.5 Å². The molecule has 0 radical (unpaired) electrons. The van der Waals surface area contributed by atoms with Crippen molar-refractivity contribution < 1.29 is 22.7 Å². The van der Waals surface area contributed by atoms with E-state index in [-0.39, 0.29) is 25.4 Å². The van der Waals surface area contributed by atoms with Crippen molar-refractivity contribution in [2.75, 3.05) is 32.7 Å². The highest BCUT2D eigenvalue weighted by Crippen LogP contribution is 2.42. The lowest BCUT2D eigenvalue weighted by molar-refractivity contribution is -0.201. The predicted octanol–water partition coefficient (Wildman–Crippen LogP) is 3.07. The molecule has 1 aliphatic rings. The van der Waals surface area contributed by atoms with Gasteiger partial charge < -0.3 is 9.64 Å².